The molecule has 0 amide bonds. The van der Waals surface area contributed by atoms with Gasteiger partial charge in [0, 0.05) is 5.56 Å². The van der Waals surface area contributed by atoms with Crippen molar-refractivity contribution >= 4 is 17.2 Å². The lowest BCUT2D eigenvalue weighted by Gasteiger charge is -2.08. The zero-order valence-electron chi connectivity index (χ0n) is 12.2. The van der Waals surface area contributed by atoms with Crippen molar-refractivity contribution in [3.05, 3.63) is 52.9 Å². The second-order valence-corrected chi connectivity index (χ2v) is 5.64. The number of ether oxygens (including phenoxy) is 1. The number of hydrogen-bond donors (Lipinski definition) is 0. The summed E-state index contributed by atoms with van der Waals surface area (Å²) >= 11 is 1.32. The van der Waals surface area contributed by atoms with Crippen LogP contribution < -0.4 is 4.74 Å². The Morgan fingerprint density at radius 2 is 2.04 bits per heavy atom. The summed E-state index contributed by atoms with van der Waals surface area (Å²) in [5, 5.41) is 5.70. The molecule has 5 nitrogen and oxygen atoms in total. The number of hydrogen-bond acceptors (Lipinski definition) is 5. The molecule has 0 aliphatic rings. The van der Waals surface area contributed by atoms with E-state index < -0.39 is 17.6 Å². The molecule has 124 valence electrons. The van der Waals surface area contributed by atoms with E-state index in [2.05, 4.69) is 10.1 Å². The van der Waals surface area contributed by atoms with Gasteiger partial charge in [-0.15, -0.1) is 16.4 Å². The van der Waals surface area contributed by atoms with Crippen molar-refractivity contribution in [2.24, 2.45) is 0 Å². The minimum absolute atomic E-state index is 0.0428. The van der Waals surface area contributed by atoms with Gasteiger partial charge in [0.25, 0.3) is 5.91 Å². The van der Waals surface area contributed by atoms with E-state index in [-0.39, 0.29) is 17.4 Å². The van der Waals surface area contributed by atoms with Crippen molar-refractivity contribution < 1.29 is 22.7 Å². The largest absolute Gasteiger partial charge is 0.466 e. The summed E-state index contributed by atoms with van der Waals surface area (Å²) in [6.07, 6.45) is -4.53. The molecular weight excluding hydrogens is 343 g/mol. The minimum atomic E-state index is -4.53. The van der Waals surface area contributed by atoms with E-state index in [0.29, 0.717) is 4.88 Å². The summed E-state index contributed by atoms with van der Waals surface area (Å²) in [5.74, 6) is -0.510. The molecule has 0 saturated heterocycles. The molecule has 24 heavy (non-hydrogen) atoms. The van der Waals surface area contributed by atoms with Crippen molar-refractivity contribution in [2.75, 3.05) is 7.11 Å². The number of rotatable bonds is 3. The Kier molecular flexibility index (Phi) is 4.10. The first-order valence-corrected chi connectivity index (χ1v) is 7.55. The molecule has 2 heterocycles. The van der Waals surface area contributed by atoms with Crippen molar-refractivity contribution in [3.8, 4) is 16.7 Å². The average Bonchev–Trinajstić information content (AvgIpc) is 3.22. The van der Waals surface area contributed by atoms with Crippen LogP contribution in [0.5, 0.6) is 6.01 Å². The molecule has 3 rings (SSSR count). The normalized spacial score (nSPS) is 11.5. The number of halogens is 3. The molecule has 0 aliphatic carbocycles. The van der Waals surface area contributed by atoms with Gasteiger partial charge >= 0.3 is 12.2 Å². The van der Waals surface area contributed by atoms with E-state index in [1.54, 1.807) is 17.5 Å². The lowest BCUT2D eigenvalue weighted by atomic mass is 10.1. The zero-order valence-corrected chi connectivity index (χ0v) is 13.1. The molecule has 0 bridgehead atoms. The van der Waals surface area contributed by atoms with Crippen LogP contribution in [0, 0.1) is 0 Å². The topological polar surface area (TPSA) is 57.0 Å². The van der Waals surface area contributed by atoms with Crippen LogP contribution in [0.1, 0.15) is 15.9 Å². The Morgan fingerprint density at radius 1 is 1.25 bits per heavy atom. The van der Waals surface area contributed by atoms with Crippen LogP contribution in [0.3, 0.4) is 0 Å². The monoisotopic (exact) mass is 353 g/mol. The number of carbonyl (C=O) groups excluding carboxylic acids is 1. The minimum Gasteiger partial charge on any atom is -0.466 e. The molecular formula is C15H10F3N3O2S. The number of thiophene rings is 1. The first-order chi connectivity index (χ1) is 11.4. The Balaban J connectivity index is 2.06. The van der Waals surface area contributed by atoms with Crippen molar-refractivity contribution in [3.63, 3.8) is 0 Å². The third-order valence-corrected chi connectivity index (χ3v) is 4.01. The van der Waals surface area contributed by atoms with Crippen LogP contribution in [0.2, 0.25) is 0 Å². The van der Waals surface area contributed by atoms with Gasteiger partial charge in [0.1, 0.15) is 0 Å². The highest BCUT2D eigenvalue weighted by Crippen LogP contribution is 2.30. The van der Waals surface area contributed by atoms with Crippen LogP contribution in [0.25, 0.3) is 10.7 Å². The highest BCUT2D eigenvalue weighted by Gasteiger charge is 2.31. The summed E-state index contributed by atoms with van der Waals surface area (Å²) < 4.78 is 44.4. The standard InChI is InChI=1S/C15H10F3N3O2S/c1-23-14-19-12(11-6-3-7-24-11)21(20-14)13(22)9-4-2-5-10(8-9)15(16,17)18/h2-8H,1H3. The summed E-state index contributed by atoms with van der Waals surface area (Å²) in [6, 6.07) is 7.61. The Labute approximate surface area is 138 Å². The van der Waals surface area contributed by atoms with E-state index in [0.717, 1.165) is 16.8 Å². The number of alkyl halides is 3. The molecule has 0 atom stereocenters. The highest BCUT2D eigenvalue weighted by atomic mass is 32.1. The molecule has 0 saturated carbocycles. The van der Waals surface area contributed by atoms with Crippen LogP contribution in [-0.4, -0.2) is 27.8 Å². The Bertz CT molecular complexity index is 872. The Morgan fingerprint density at radius 3 is 2.67 bits per heavy atom. The number of carbonyl (C=O) groups is 1. The fourth-order valence-electron chi connectivity index (χ4n) is 2.04. The average molecular weight is 353 g/mol. The van der Waals surface area contributed by atoms with Crippen LogP contribution in [0.15, 0.2) is 41.8 Å². The van der Waals surface area contributed by atoms with Gasteiger partial charge in [0.15, 0.2) is 5.82 Å². The van der Waals surface area contributed by atoms with E-state index in [1.807, 2.05) is 0 Å². The third kappa shape index (κ3) is 3.02. The van der Waals surface area contributed by atoms with E-state index in [9.17, 15) is 18.0 Å². The molecule has 0 aliphatic heterocycles. The molecule has 0 unspecified atom stereocenters. The zero-order chi connectivity index (χ0) is 17.3. The van der Waals surface area contributed by atoms with Gasteiger partial charge < -0.3 is 4.74 Å². The maximum atomic E-state index is 12.8. The maximum Gasteiger partial charge on any atom is 0.416 e. The van der Waals surface area contributed by atoms with Gasteiger partial charge in [-0.25, -0.2) is 0 Å². The summed E-state index contributed by atoms with van der Waals surface area (Å²) in [5.41, 5.74) is -1.05. The second kappa shape index (κ2) is 6.08. The number of benzene rings is 1. The summed E-state index contributed by atoms with van der Waals surface area (Å²) in [6.45, 7) is 0. The fraction of sp³-hybridized carbons (Fsp3) is 0.133. The first-order valence-electron chi connectivity index (χ1n) is 6.67. The molecule has 0 spiro atoms. The van der Waals surface area contributed by atoms with Crippen LogP contribution in [0.4, 0.5) is 13.2 Å². The molecule has 1 aromatic carbocycles. The van der Waals surface area contributed by atoms with Gasteiger partial charge in [0.05, 0.1) is 17.6 Å². The smallest absolute Gasteiger partial charge is 0.416 e. The van der Waals surface area contributed by atoms with Gasteiger partial charge in [-0.2, -0.15) is 22.8 Å². The van der Waals surface area contributed by atoms with Crippen molar-refractivity contribution in [1.29, 1.82) is 0 Å². The van der Waals surface area contributed by atoms with Gasteiger partial charge in [-0.05, 0) is 29.6 Å². The summed E-state index contributed by atoms with van der Waals surface area (Å²) in [7, 11) is 1.34. The lowest BCUT2D eigenvalue weighted by molar-refractivity contribution is -0.137. The fourth-order valence-corrected chi connectivity index (χ4v) is 2.74. The second-order valence-electron chi connectivity index (χ2n) is 4.69. The number of aromatic nitrogens is 3. The van der Waals surface area contributed by atoms with E-state index in [1.165, 1.54) is 30.6 Å². The van der Waals surface area contributed by atoms with E-state index in [4.69, 9.17) is 4.74 Å². The van der Waals surface area contributed by atoms with Crippen LogP contribution >= 0.6 is 11.3 Å². The molecule has 0 N–H and O–H groups in total. The maximum absolute atomic E-state index is 12.8. The van der Waals surface area contributed by atoms with Crippen molar-refractivity contribution in [1.82, 2.24) is 14.8 Å². The number of nitrogens with zero attached hydrogens (tertiary/aromatic N) is 3. The lowest BCUT2D eigenvalue weighted by Crippen LogP contribution is -2.16. The third-order valence-electron chi connectivity index (χ3n) is 3.14. The predicted molar refractivity (Wildman–Crippen MR) is 81.1 cm³/mol. The van der Waals surface area contributed by atoms with Gasteiger partial charge in [0.2, 0.25) is 0 Å². The SMILES string of the molecule is COc1nc(-c2cccs2)n(C(=O)c2cccc(C(F)(F)F)c2)n1. The Hall–Kier alpha value is -2.68. The molecule has 2 aromatic heterocycles. The molecule has 9 heteroatoms. The molecule has 3 aromatic rings. The molecule has 0 radical (unpaired) electrons. The van der Waals surface area contributed by atoms with Gasteiger partial charge in [-0.1, -0.05) is 12.1 Å². The van der Waals surface area contributed by atoms with Crippen LogP contribution in [-0.2, 0) is 6.18 Å². The summed E-state index contributed by atoms with van der Waals surface area (Å²) in [4.78, 5) is 17.3. The van der Waals surface area contributed by atoms with Gasteiger partial charge in [-0.3, -0.25) is 4.79 Å². The van der Waals surface area contributed by atoms with Crippen molar-refractivity contribution in [2.45, 2.75) is 6.18 Å². The van der Waals surface area contributed by atoms with E-state index >= 15 is 0 Å². The molecule has 0 fully saturated rings. The first kappa shape index (κ1) is 16.2. The quantitative estimate of drug-likeness (QED) is 0.720. The number of methoxy groups -OCH3 is 1. The predicted octanol–water partition coefficient (Wildman–Crippen LogP) is 3.72. The highest BCUT2D eigenvalue weighted by molar-refractivity contribution is 7.13.